The lowest BCUT2D eigenvalue weighted by atomic mass is 9.99. The lowest BCUT2D eigenvalue weighted by Gasteiger charge is -2.34. The van der Waals surface area contributed by atoms with Crippen LogP contribution in [0.2, 0.25) is 0 Å². The molecule has 0 aliphatic carbocycles. The van der Waals surface area contributed by atoms with Crippen molar-refractivity contribution in [1.82, 2.24) is 0 Å². The largest absolute Gasteiger partial charge is 0.507 e. The maximum Gasteiger partial charge on any atom is 0.339 e. The van der Waals surface area contributed by atoms with E-state index in [1.807, 2.05) is 29.2 Å². The molecule has 1 atom stereocenters. The van der Waals surface area contributed by atoms with Gasteiger partial charge < -0.3 is 15.1 Å². The minimum absolute atomic E-state index is 0.0381. The Bertz CT molecular complexity index is 955. The van der Waals surface area contributed by atoms with Crippen LogP contribution in [-0.4, -0.2) is 40.6 Å². The molecule has 0 saturated carbocycles. The van der Waals surface area contributed by atoms with E-state index >= 15 is 0 Å². The number of carboxylic acids is 1. The molecule has 27 heavy (non-hydrogen) atoms. The summed E-state index contributed by atoms with van der Waals surface area (Å²) in [6, 6.07) is 11.0. The van der Waals surface area contributed by atoms with E-state index in [9.17, 15) is 24.6 Å². The monoisotopic (exact) mass is 366 g/mol. The molecule has 2 aliphatic rings. The first-order chi connectivity index (χ1) is 13.0. The van der Waals surface area contributed by atoms with Crippen LogP contribution in [0, 0.1) is 0 Å². The van der Waals surface area contributed by atoms with Gasteiger partial charge in [0.05, 0.1) is 12.1 Å². The third-order valence-corrected chi connectivity index (χ3v) is 5.11. The van der Waals surface area contributed by atoms with Crippen LogP contribution in [0.3, 0.4) is 0 Å². The summed E-state index contributed by atoms with van der Waals surface area (Å²) in [4.78, 5) is 39.9. The highest BCUT2D eigenvalue weighted by atomic mass is 16.4. The Hall–Kier alpha value is -3.35. The zero-order valence-corrected chi connectivity index (χ0v) is 14.5. The van der Waals surface area contributed by atoms with Crippen LogP contribution in [-0.2, 0) is 16.0 Å². The third kappa shape index (κ3) is 2.81. The standard InChI is InChI=1S/C20H18N2O5/c23-17-8-7-13(10-14(17)20(26)27)22-18(24)11-16(19(22)25)21-9-3-5-12-4-1-2-6-15(12)21/h1-2,4,6-8,10,16,23H,3,5,9,11H2,(H,26,27). The average molecular weight is 366 g/mol. The number of hydrogen-bond acceptors (Lipinski definition) is 5. The number of fused-ring (bicyclic) bond motifs is 1. The predicted octanol–water partition coefficient (Wildman–Crippen LogP) is 2.18. The van der Waals surface area contributed by atoms with Gasteiger partial charge in [-0.15, -0.1) is 0 Å². The number of phenols is 1. The average Bonchev–Trinajstić information content (AvgIpc) is 2.96. The Labute approximate surface area is 155 Å². The lowest BCUT2D eigenvalue weighted by molar-refractivity contribution is -0.121. The van der Waals surface area contributed by atoms with Gasteiger partial charge in [0.2, 0.25) is 5.91 Å². The first-order valence-corrected chi connectivity index (χ1v) is 8.75. The van der Waals surface area contributed by atoms with Crippen molar-refractivity contribution in [2.45, 2.75) is 25.3 Å². The van der Waals surface area contributed by atoms with Gasteiger partial charge in [0.1, 0.15) is 17.4 Å². The van der Waals surface area contributed by atoms with Crippen molar-refractivity contribution in [3.05, 3.63) is 53.6 Å². The fourth-order valence-corrected chi connectivity index (χ4v) is 3.85. The zero-order valence-electron chi connectivity index (χ0n) is 14.5. The van der Waals surface area contributed by atoms with E-state index in [2.05, 4.69) is 0 Å². The first kappa shape index (κ1) is 17.1. The summed E-state index contributed by atoms with van der Waals surface area (Å²) in [5.74, 6) is -2.49. The van der Waals surface area contributed by atoms with E-state index < -0.39 is 17.8 Å². The number of benzene rings is 2. The summed E-state index contributed by atoms with van der Waals surface area (Å²) in [5.41, 5.74) is 1.93. The van der Waals surface area contributed by atoms with E-state index in [4.69, 9.17) is 0 Å². The van der Waals surface area contributed by atoms with E-state index in [1.165, 1.54) is 12.1 Å². The van der Waals surface area contributed by atoms with Crippen LogP contribution in [0.15, 0.2) is 42.5 Å². The molecular formula is C20H18N2O5. The molecule has 7 nitrogen and oxygen atoms in total. The predicted molar refractivity (Wildman–Crippen MR) is 98.1 cm³/mol. The Morgan fingerprint density at radius 1 is 1.11 bits per heavy atom. The smallest absolute Gasteiger partial charge is 0.339 e. The summed E-state index contributed by atoms with van der Waals surface area (Å²) >= 11 is 0. The molecule has 2 amide bonds. The van der Waals surface area contributed by atoms with Gasteiger partial charge >= 0.3 is 5.97 Å². The molecule has 2 heterocycles. The number of amides is 2. The number of aryl methyl sites for hydroxylation is 1. The third-order valence-electron chi connectivity index (χ3n) is 5.11. The highest BCUT2D eigenvalue weighted by Crippen LogP contribution is 2.34. The summed E-state index contributed by atoms with van der Waals surface area (Å²) in [6.07, 6.45) is 1.87. The summed E-state index contributed by atoms with van der Waals surface area (Å²) in [6.45, 7) is 0.685. The fourth-order valence-electron chi connectivity index (χ4n) is 3.85. The number of hydrogen-bond donors (Lipinski definition) is 2. The van der Waals surface area contributed by atoms with Gasteiger partial charge in [0.15, 0.2) is 0 Å². The molecule has 2 aliphatic heterocycles. The number of carbonyl (C=O) groups excluding carboxylic acids is 2. The van der Waals surface area contributed by atoms with Crippen molar-refractivity contribution in [3.63, 3.8) is 0 Å². The maximum absolute atomic E-state index is 13.0. The molecule has 2 aromatic carbocycles. The minimum atomic E-state index is -1.32. The molecule has 7 heteroatoms. The Kier molecular flexibility index (Phi) is 4.07. The van der Waals surface area contributed by atoms with Crippen LogP contribution in [0.4, 0.5) is 11.4 Å². The van der Waals surface area contributed by atoms with Crippen LogP contribution >= 0.6 is 0 Å². The van der Waals surface area contributed by atoms with Crippen LogP contribution in [0.1, 0.15) is 28.8 Å². The number of carboxylic acid groups (broad SMARTS) is 1. The van der Waals surface area contributed by atoms with Gasteiger partial charge in [-0.25, -0.2) is 9.69 Å². The van der Waals surface area contributed by atoms with Crippen molar-refractivity contribution in [1.29, 1.82) is 0 Å². The summed E-state index contributed by atoms with van der Waals surface area (Å²) < 4.78 is 0. The number of aromatic carboxylic acids is 1. The van der Waals surface area contributed by atoms with E-state index in [1.54, 1.807) is 0 Å². The SMILES string of the molecule is O=C(O)c1cc(N2C(=O)CC(N3CCCc4ccccc43)C2=O)ccc1O. The highest BCUT2D eigenvalue weighted by molar-refractivity contribution is 6.23. The minimum Gasteiger partial charge on any atom is -0.507 e. The van der Waals surface area contributed by atoms with Crippen molar-refractivity contribution < 1.29 is 24.6 Å². The molecule has 0 spiro atoms. The molecule has 2 aromatic rings. The molecule has 0 bridgehead atoms. The molecule has 4 rings (SSSR count). The molecule has 2 N–H and O–H groups in total. The van der Waals surface area contributed by atoms with E-state index in [-0.39, 0.29) is 29.5 Å². The maximum atomic E-state index is 13.0. The number of aromatic hydroxyl groups is 1. The second kappa shape index (κ2) is 6.42. The van der Waals surface area contributed by atoms with E-state index in [0.717, 1.165) is 35.1 Å². The topological polar surface area (TPSA) is 98.2 Å². The zero-order chi connectivity index (χ0) is 19.1. The van der Waals surface area contributed by atoms with Crippen molar-refractivity contribution in [3.8, 4) is 5.75 Å². The normalized spacial score (nSPS) is 19.3. The van der Waals surface area contributed by atoms with Crippen molar-refractivity contribution in [2.75, 3.05) is 16.3 Å². The molecule has 1 unspecified atom stereocenters. The second-order valence-corrected chi connectivity index (χ2v) is 6.72. The molecule has 0 radical (unpaired) electrons. The number of carbonyl (C=O) groups is 3. The number of nitrogens with zero attached hydrogens (tertiary/aromatic N) is 2. The summed E-state index contributed by atoms with van der Waals surface area (Å²) in [5, 5.41) is 18.8. The van der Waals surface area contributed by atoms with Gasteiger partial charge in [-0.2, -0.15) is 0 Å². The first-order valence-electron chi connectivity index (χ1n) is 8.75. The van der Waals surface area contributed by atoms with Gasteiger partial charge in [0, 0.05) is 12.2 Å². The van der Waals surface area contributed by atoms with Crippen molar-refractivity contribution >= 4 is 29.2 Å². The van der Waals surface area contributed by atoms with E-state index in [0.29, 0.717) is 6.54 Å². The Morgan fingerprint density at radius 2 is 1.89 bits per heavy atom. The van der Waals surface area contributed by atoms with Gasteiger partial charge in [-0.05, 0) is 42.7 Å². The number of rotatable bonds is 3. The fraction of sp³-hybridized carbons (Fsp3) is 0.250. The number of imide groups is 1. The number of para-hydroxylation sites is 1. The van der Waals surface area contributed by atoms with Gasteiger partial charge in [-0.3, -0.25) is 9.59 Å². The van der Waals surface area contributed by atoms with Crippen LogP contribution < -0.4 is 9.80 Å². The molecule has 1 fully saturated rings. The molecular weight excluding hydrogens is 348 g/mol. The van der Waals surface area contributed by atoms with Crippen molar-refractivity contribution in [2.24, 2.45) is 0 Å². The van der Waals surface area contributed by atoms with Crippen LogP contribution in [0.25, 0.3) is 0 Å². The molecule has 0 aromatic heterocycles. The highest BCUT2D eigenvalue weighted by Gasteiger charge is 2.44. The lowest BCUT2D eigenvalue weighted by Crippen LogP contribution is -2.44. The van der Waals surface area contributed by atoms with Gasteiger partial charge in [-0.1, -0.05) is 18.2 Å². The Balaban J connectivity index is 1.68. The van der Waals surface area contributed by atoms with Crippen LogP contribution in [0.5, 0.6) is 5.75 Å². The summed E-state index contributed by atoms with van der Waals surface area (Å²) in [7, 11) is 0. The Morgan fingerprint density at radius 3 is 2.67 bits per heavy atom. The molecule has 1 saturated heterocycles. The number of anilines is 2. The second-order valence-electron chi connectivity index (χ2n) is 6.72. The molecule has 138 valence electrons. The quantitative estimate of drug-likeness (QED) is 0.808. The van der Waals surface area contributed by atoms with Gasteiger partial charge in [0.25, 0.3) is 5.91 Å².